The van der Waals surface area contributed by atoms with E-state index in [1.54, 1.807) is 6.07 Å². The average Bonchev–Trinajstić information content (AvgIpc) is 3.04. The van der Waals surface area contributed by atoms with Crippen molar-refractivity contribution < 1.29 is 9.90 Å². The number of benzene rings is 2. The molecule has 0 radical (unpaired) electrons. The van der Waals surface area contributed by atoms with Crippen LogP contribution in [0.25, 0.3) is 0 Å². The molecule has 3 nitrogen and oxygen atoms in total. The summed E-state index contributed by atoms with van der Waals surface area (Å²) in [5, 5.41) is 13.0. The molecule has 1 aliphatic carbocycles. The van der Waals surface area contributed by atoms with Gasteiger partial charge in [-0.25, -0.2) is 4.79 Å². The summed E-state index contributed by atoms with van der Waals surface area (Å²) < 4.78 is 1.05. The van der Waals surface area contributed by atoms with Gasteiger partial charge in [-0.15, -0.1) is 0 Å². The maximum Gasteiger partial charge on any atom is 0.337 e. The fourth-order valence-electron chi connectivity index (χ4n) is 3.80. The van der Waals surface area contributed by atoms with Crippen molar-refractivity contribution in [3.63, 3.8) is 0 Å². The molecule has 0 saturated heterocycles. The summed E-state index contributed by atoms with van der Waals surface area (Å²) >= 11 is 3.47. The van der Waals surface area contributed by atoms with Crippen molar-refractivity contribution in [2.75, 3.05) is 5.32 Å². The maximum absolute atomic E-state index is 11.6. The van der Waals surface area contributed by atoms with Crippen LogP contribution in [-0.4, -0.2) is 11.1 Å². The third-order valence-electron chi connectivity index (χ3n) is 4.86. The van der Waals surface area contributed by atoms with Gasteiger partial charge in [-0.3, -0.25) is 0 Å². The van der Waals surface area contributed by atoms with Gasteiger partial charge in [-0.1, -0.05) is 52.3 Å². The van der Waals surface area contributed by atoms with Crippen molar-refractivity contribution >= 4 is 27.6 Å². The van der Waals surface area contributed by atoms with Crippen LogP contribution < -0.4 is 5.32 Å². The molecule has 0 unspecified atom stereocenters. The van der Waals surface area contributed by atoms with Crippen molar-refractivity contribution in [2.45, 2.75) is 18.4 Å². The number of rotatable bonds is 2. The van der Waals surface area contributed by atoms with Gasteiger partial charge in [0.2, 0.25) is 0 Å². The van der Waals surface area contributed by atoms with Crippen LogP contribution in [0.1, 0.15) is 39.9 Å². The summed E-state index contributed by atoms with van der Waals surface area (Å²) in [6.45, 7) is 0. The lowest BCUT2D eigenvalue weighted by molar-refractivity contribution is 0.0697. The molecule has 3 atom stereocenters. The molecule has 1 heterocycles. The zero-order valence-corrected chi connectivity index (χ0v) is 14.0. The molecule has 0 saturated carbocycles. The van der Waals surface area contributed by atoms with E-state index < -0.39 is 5.97 Å². The van der Waals surface area contributed by atoms with Crippen LogP contribution in [-0.2, 0) is 0 Å². The molecule has 2 aromatic carbocycles. The molecule has 4 rings (SSSR count). The molecule has 4 heteroatoms. The second-order valence-corrected chi connectivity index (χ2v) is 7.02. The third kappa shape index (κ3) is 2.38. The maximum atomic E-state index is 11.6. The summed E-state index contributed by atoms with van der Waals surface area (Å²) in [6.07, 6.45) is 5.45. The number of aromatic carboxylic acids is 1. The molecule has 0 amide bonds. The molecule has 2 N–H and O–H groups in total. The lowest BCUT2D eigenvalue weighted by Gasteiger charge is -2.38. The number of allylic oxidation sites excluding steroid dienone is 2. The van der Waals surface area contributed by atoms with E-state index in [0.717, 1.165) is 22.1 Å². The number of hydrogen-bond donors (Lipinski definition) is 2. The van der Waals surface area contributed by atoms with Crippen LogP contribution >= 0.6 is 15.9 Å². The van der Waals surface area contributed by atoms with Crippen molar-refractivity contribution in [2.24, 2.45) is 5.92 Å². The molecule has 2 aliphatic rings. The molecular weight excluding hydrogens is 354 g/mol. The Kier molecular flexibility index (Phi) is 3.49. The van der Waals surface area contributed by atoms with Crippen LogP contribution in [0, 0.1) is 5.92 Å². The number of hydrogen-bond acceptors (Lipinski definition) is 2. The summed E-state index contributed by atoms with van der Waals surface area (Å²) in [7, 11) is 0. The fraction of sp³-hybridized carbons (Fsp3) is 0.211. The van der Waals surface area contributed by atoms with Gasteiger partial charge in [0.15, 0.2) is 0 Å². The zero-order valence-electron chi connectivity index (χ0n) is 12.4. The molecule has 0 bridgehead atoms. The largest absolute Gasteiger partial charge is 0.478 e. The second-order valence-electron chi connectivity index (χ2n) is 6.10. The summed E-state index contributed by atoms with van der Waals surface area (Å²) in [6, 6.07) is 14.0. The molecule has 0 aromatic heterocycles. The number of nitrogens with one attached hydrogen (secondary N) is 1. The summed E-state index contributed by atoms with van der Waals surface area (Å²) in [5.74, 6) is -0.184. The Morgan fingerprint density at radius 1 is 1.17 bits per heavy atom. The Morgan fingerprint density at radius 3 is 2.70 bits per heavy atom. The highest BCUT2D eigenvalue weighted by molar-refractivity contribution is 9.10. The number of carbonyl (C=O) groups is 1. The number of carboxylic acid groups (broad SMARTS) is 1. The molecular formula is C19H16BrNO2. The number of halogens is 1. The van der Waals surface area contributed by atoms with Gasteiger partial charge >= 0.3 is 5.97 Å². The van der Waals surface area contributed by atoms with Gasteiger partial charge in [0.1, 0.15) is 0 Å². The van der Waals surface area contributed by atoms with E-state index in [9.17, 15) is 9.90 Å². The first-order valence-electron chi connectivity index (χ1n) is 7.70. The van der Waals surface area contributed by atoms with Crippen LogP contribution in [0.15, 0.2) is 59.1 Å². The van der Waals surface area contributed by atoms with Crippen LogP contribution in [0.3, 0.4) is 0 Å². The van der Waals surface area contributed by atoms with Gasteiger partial charge in [0.05, 0.1) is 17.3 Å². The fourth-order valence-corrected chi connectivity index (χ4v) is 4.06. The Morgan fingerprint density at radius 2 is 1.96 bits per heavy atom. The summed E-state index contributed by atoms with van der Waals surface area (Å²) in [4.78, 5) is 11.6. The Balaban J connectivity index is 1.83. The Labute approximate surface area is 143 Å². The minimum Gasteiger partial charge on any atom is -0.478 e. The molecule has 23 heavy (non-hydrogen) atoms. The first kappa shape index (κ1) is 14.5. The van der Waals surface area contributed by atoms with Crippen LogP contribution in [0.4, 0.5) is 5.69 Å². The topological polar surface area (TPSA) is 49.3 Å². The van der Waals surface area contributed by atoms with Gasteiger partial charge in [0.25, 0.3) is 0 Å². The lowest BCUT2D eigenvalue weighted by atomic mass is 9.76. The highest BCUT2D eigenvalue weighted by Gasteiger charge is 2.39. The first-order chi connectivity index (χ1) is 11.1. The number of fused-ring (bicyclic) bond motifs is 3. The third-order valence-corrected chi connectivity index (χ3v) is 5.38. The number of anilines is 1. The zero-order chi connectivity index (χ0) is 16.0. The highest BCUT2D eigenvalue weighted by atomic mass is 79.9. The number of para-hydroxylation sites is 1. The lowest BCUT2D eigenvalue weighted by Crippen LogP contribution is -2.30. The van der Waals surface area contributed by atoms with Crippen molar-refractivity contribution in [1.82, 2.24) is 0 Å². The molecule has 1 aliphatic heterocycles. The Bertz CT molecular complexity index is 798. The normalized spacial score (nSPS) is 24.7. The number of carboxylic acids is 1. The van der Waals surface area contributed by atoms with E-state index in [2.05, 4.69) is 45.5 Å². The van der Waals surface area contributed by atoms with Crippen molar-refractivity contribution in [3.05, 3.63) is 75.8 Å². The smallest absolute Gasteiger partial charge is 0.337 e. The Hall–Kier alpha value is -2.07. The van der Waals surface area contributed by atoms with E-state index >= 15 is 0 Å². The second kappa shape index (κ2) is 5.53. The SMILES string of the molecule is O=C(O)c1cccc2c1N[C@@H](c1ccc(Br)cc1)[C@H]1CC=C[C@H]21. The minimum absolute atomic E-state index is 0.121. The van der Waals surface area contributed by atoms with Crippen molar-refractivity contribution in [3.8, 4) is 0 Å². The minimum atomic E-state index is -0.885. The van der Waals surface area contributed by atoms with Crippen LogP contribution in [0.2, 0.25) is 0 Å². The molecule has 116 valence electrons. The van der Waals surface area contributed by atoms with Gasteiger partial charge in [-0.2, -0.15) is 0 Å². The predicted molar refractivity (Wildman–Crippen MR) is 93.9 cm³/mol. The van der Waals surface area contributed by atoms with Crippen molar-refractivity contribution in [1.29, 1.82) is 0 Å². The van der Waals surface area contributed by atoms with Gasteiger partial charge in [0, 0.05) is 10.4 Å². The van der Waals surface area contributed by atoms with E-state index in [1.807, 2.05) is 24.3 Å². The van der Waals surface area contributed by atoms with Gasteiger partial charge in [-0.05, 0) is 41.7 Å². The average molecular weight is 370 g/mol. The van der Waals surface area contributed by atoms with E-state index in [1.165, 1.54) is 5.56 Å². The quantitative estimate of drug-likeness (QED) is 0.734. The van der Waals surface area contributed by atoms with Crippen LogP contribution in [0.5, 0.6) is 0 Å². The van der Waals surface area contributed by atoms with Gasteiger partial charge < -0.3 is 10.4 Å². The summed E-state index contributed by atoms with van der Waals surface area (Å²) in [5.41, 5.74) is 3.40. The standard InChI is InChI=1S/C19H16BrNO2/c20-12-9-7-11(8-10-12)17-14-4-1-3-13(14)15-5-2-6-16(19(22)23)18(15)21-17/h1-3,5-10,13-14,17,21H,4H2,(H,22,23)/t13-,14-,17-/m0/s1. The predicted octanol–water partition coefficient (Wildman–Crippen LogP) is 4.97. The van der Waals surface area contributed by atoms with E-state index in [0.29, 0.717) is 11.5 Å². The highest BCUT2D eigenvalue weighted by Crippen LogP contribution is 2.50. The monoisotopic (exact) mass is 369 g/mol. The molecule has 0 fully saturated rings. The molecule has 0 spiro atoms. The molecule has 2 aromatic rings. The first-order valence-corrected chi connectivity index (χ1v) is 8.49. The van der Waals surface area contributed by atoms with E-state index in [4.69, 9.17) is 0 Å². The van der Waals surface area contributed by atoms with E-state index in [-0.39, 0.29) is 12.0 Å².